The van der Waals surface area contributed by atoms with Gasteiger partial charge >= 0.3 is 0 Å². The first-order chi connectivity index (χ1) is 4.86. The molecule has 0 unspecified atom stereocenters. The molecule has 0 atom stereocenters. The highest BCUT2D eigenvalue weighted by Crippen LogP contribution is 2.14. The normalized spacial score (nSPS) is 10.5. The third-order valence-corrected chi connectivity index (χ3v) is 1.19. The van der Waals surface area contributed by atoms with E-state index in [2.05, 4.69) is 15.2 Å². The molecule has 0 fully saturated rings. The smallest absolute Gasteiger partial charge is 0.219 e. The highest BCUT2D eigenvalue weighted by Gasteiger charge is 2.07. The maximum absolute atomic E-state index is 5.09. The van der Waals surface area contributed by atoms with Crippen molar-refractivity contribution in [2.45, 2.75) is 6.92 Å². The minimum atomic E-state index is 0.569. The van der Waals surface area contributed by atoms with Gasteiger partial charge in [-0.05, 0) is 6.92 Å². The van der Waals surface area contributed by atoms with Crippen molar-refractivity contribution in [3.63, 3.8) is 0 Å². The van der Waals surface area contributed by atoms with Crippen molar-refractivity contribution in [2.24, 2.45) is 0 Å². The van der Waals surface area contributed by atoms with E-state index in [1.807, 2.05) is 6.92 Å². The fraction of sp³-hybridized carbons (Fsp3) is 0.167. The van der Waals surface area contributed by atoms with Gasteiger partial charge in [0, 0.05) is 0 Å². The molecule has 0 aromatic carbocycles. The van der Waals surface area contributed by atoms with E-state index in [4.69, 9.17) is 4.42 Å². The minimum absolute atomic E-state index is 0.569. The second-order valence-corrected chi connectivity index (χ2v) is 2.02. The van der Waals surface area contributed by atoms with E-state index in [-0.39, 0.29) is 0 Å². The molecule has 0 saturated heterocycles. The zero-order chi connectivity index (χ0) is 6.97. The van der Waals surface area contributed by atoms with Crippen LogP contribution in [-0.4, -0.2) is 15.2 Å². The van der Waals surface area contributed by atoms with E-state index >= 15 is 0 Å². The van der Waals surface area contributed by atoms with Crippen LogP contribution in [0.5, 0.6) is 0 Å². The average Bonchev–Trinajstić information content (AvgIpc) is 2.33. The molecule has 0 saturated carbocycles. The molecule has 2 heterocycles. The number of hydrogen-bond acceptors (Lipinski definition) is 4. The van der Waals surface area contributed by atoms with Gasteiger partial charge in [0.2, 0.25) is 5.82 Å². The minimum Gasteiger partial charge on any atom is -0.457 e. The molecule has 0 aliphatic carbocycles. The molecule has 4 nitrogen and oxygen atoms in total. The molecule has 0 N–H and O–H groups in total. The summed E-state index contributed by atoms with van der Waals surface area (Å²) >= 11 is 0. The summed E-state index contributed by atoms with van der Waals surface area (Å²) < 4.78 is 5.09. The molecule has 4 heteroatoms. The Labute approximate surface area is 57.3 Å². The van der Waals surface area contributed by atoms with Gasteiger partial charge in [0.15, 0.2) is 5.76 Å². The van der Waals surface area contributed by atoms with Crippen LogP contribution in [0.25, 0.3) is 11.6 Å². The zero-order valence-electron chi connectivity index (χ0n) is 5.40. The molecular weight excluding hydrogens is 130 g/mol. The maximum atomic E-state index is 5.09. The Kier molecular flexibility index (Phi) is 0.943. The maximum Gasteiger partial charge on any atom is 0.219 e. The summed E-state index contributed by atoms with van der Waals surface area (Å²) in [5.41, 5.74) is 0.813. The third kappa shape index (κ3) is 0.655. The molecule has 2 aliphatic rings. The Bertz CT molecular complexity index is 317. The standard InChI is InChI=1S/C6H5N3O/c1-4-3-10-5-2-7-9-6(5)8-4/h2-3H,1H3. The van der Waals surface area contributed by atoms with Gasteiger partial charge in [-0.15, -0.1) is 5.10 Å². The summed E-state index contributed by atoms with van der Waals surface area (Å²) in [7, 11) is 0. The molecule has 0 radical (unpaired) electrons. The van der Waals surface area contributed by atoms with Crippen LogP contribution in [0.2, 0.25) is 0 Å². The van der Waals surface area contributed by atoms with E-state index in [1.54, 1.807) is 12.5 Å². The van der Waals surface area contributed by atoms with Crippen molar-refractivity contribution >= 4 is 0 Å². The SMILES string of the molecule is Cc1coc2cnnc-2n1. The van der Waals surface area contributed by atoms with Gasteiger partial charge in [-0.25, -0.2) is 4.98 Å². The Balaban J connectivity index is 2.75. The van der Waals surface area contributed by atoms with Gasteiger partial charge in [0.25, 0.3) is 0 Å². The van der Waals surface area contributed by atoms with Crippen LogP contribution in [-0.2, 0) is 0 Å². The number of nitrogens with zero attached hydrogens (tertiary/aromatic N) is 3. The van der Waals surface area contributed by atoms with Crippen molar-refractivity contribution < 1.29 is 4.42 Å². The van der Waals surface area contributed by atoms with Gasteiger partial charge in [0.05, 0.1) is 11.9 Å². The van der Waals surface area contributed by atoms with E-state index in [9.17, 15) is 0 Å². The molecule has 0 aromatic heterocycles. The summed E-state index contributed by atoms with van der Waals surface area (Å²) in [6.45, 7) is 1.84. The van der Waals surface area contributed by atoms with E-state index in [0.717, 1.165) is 5.69 Å². The number of hydrogen-bond donors (Lipinski definition) is 0. The van der Waals surface area contributed by atoms with Gasteiger partial charge < -0.3 is 4.42 Å². The molecule has 2 aliphatic heterocycles. The summed E-state index contributed by atoms with van der Waals surface area (Å²) in [5.74, 6) is 1.20. The molecule has 0 spiro atoms. The fourth-order valence-electron chi connectivity index (χ4n) is 0.746. The Hall–Kier alpha value is -1.45. The van der Waals surface area contributed by atoms with Crippen molar-refractivity contribution in [2.75, 3.05) is 0 Å². The van der Waals surface area contributed by atoms with Crippen LogP contribution >= 0.6 is 0 Å². The summed E-state index contributed by atoms with van der Waals surface area (Å²) in [4.78, 5) is 4.07. The van der Waals surface area contributed by atoms with Crippen molar-refractivity contribution in [1.29, 1.82) is 0 Å². The van der Waals surface area contributed by atoms with Crippen molar-refractivity contribution in [3.8, 4) is 11.6 Å². The Morgan fingerprint density at radius 3 is 3.30 bits per heavy atom. The lowest BCUT2D eigenvalue weighted by Crippen LogP contribution is -1.85. The predicted molar refractivity (Wildman–Crippen MR) is 33.5 cm³/mol. The van der Waals surface area contributed by atoms with Gasteiger partial charge in [-0.1, -0.05) is 0 Å². The first-order valence-corrected chi connectivity index (χ1v) is 2.90. The summed E-state index contributed by atoms with van der Waals surface area (Å²) in [6.07, 6.45) is 3.12. The Morgan fingerprint density at radius 1 is 1.50 bits per heavy atom. The second kappa shape index (κ2) is 1.76. The van der Waals surface area contributed by atoms with Gasteiger partial charge in [-0.3, -0.25) is 0 Å². The highest BCUT2D eigenvalue weighted by atomic mass is 16.3. The van der Waals surface area contributed by atoms with Gasteiger partial charge in [0.1, 0.15) is 6.26 Å². The monoisotopic (exact) mass is 135 g/mol. The predicted octanol–water partition coefficient (Wildman–Crippen LogP) is 0.878. The average molecular weight is 135 g/mol. The molecule has 0 amide bonds. The first kappa shape index (κ1) is 5.34. The van der Waals surface area contributed by atoms with E-state index < -0.39 is 0 Å². The zero-order valence-corrected chi connectivity index (χ0v) is 5.40. The van der Waals surface area contributed by atoms with Crippen LogP contribution in [0.1, 0.15) is 5.69 Å². The molecular formula is C6H5N3O. The van der Waals surface area contributed by atoms with Crippen LogP contribution in [0.3, 0.4) is 0 Å². The van der Waals surface area contributed by atoms with Crippen LogP contribution in [0, 0.1) is 6.92 Å². The van der Waals surface area contributed by atoms with Crippen LogP contribution in [0.15, 0.2) is 16.9 Å². The lowest BCUT2D eigenvalue weighted by Gasteiger charge is -1.93. The Morgan fingerprint density at radius 2 is 2.40 bits per heavy atom. The molecule has 2 rings (SSSR count). The molecule has 0 aromatic rings. The van der Waals surface area contributed by atoms with Crippen molar-refractivity contribution in [3.05, 3.63) is 18.2 Å². The molecule has 10 heavy (non-hydrogen) atoms. The van der Waals surface area contributed by atoms with Crippen LogP contribution < -0.4 is 0 Å². The van der Waals surface area contributed by atoms with Crippen molar-refractivity contribution in [1.82, 2.24) is 15.2 Å². The number of aromatic nitrogens is 3. The second-order valence-electron chi connectivity index (χ2n) is 2.02. The first-order valence-electron chi connectivity index (χ1n) is 2.90. The van der Waals surface area contributed by atoms with E-state index in [1.165, 1.54) is 0 Å². The third-order valence-electron chi connectivity index (χ3n) is 1.19. The van der Waals surface area contributed by atoms with Gasteiger partial charge in [-0.2, -0.15) is 5.10 Å². The summed E-state index contributed by atoms with van der Waals surface area (Å²) in [6, 6.07) is 0. The quantitative estimate of drug-likeness (QED) is 0.538. The topological polar surface area (TPSA) is 51.8 Å². The highest BCUT2D eigenvalue weighted by molar-refractivity contribution is 5.44. The van der Waals surface area contributed by atoms with Crippen LogP contribution in [0.4, 0.5) is 0 Å². The molecule has 50 valence electrons. The molecule has 0 bridgehead atoms. The number of rotatable bonds is 0. The number of fused-ring (bicyclic) bond motifs is 1. The lowest BCUT2D eigenvalue weighted by molar-refractivity contribution is 0.550. The summed E-state index contributed by atoms with van der Waals surface area (Å²) in [5, 5.41) is 7.36. The fourth-order valence-corrected chi connectivity index (χ4v) is 0.746. The lowest BCUT2D eigenvalue weighted by atomic mass is 10.4. The van der Waals surface area contributed by atoms with E-state index in [0.29, 0.717) is 11.6 Å². The largest absolute Gasteiger partial charge is 0.457 e. The number of aryl methyl sites for hydroxylation is 1.